The second-order valence-electron chi connectivity index (χ2n) is 5.75. The first-order valence-electron chi connectivity index (χ1n) is 7.54. The van der Waals surface area contributed by atoms with Crippen LogP contribution in [-0.4, -0.2) is 34.7 Å². The van der Waals surface area contributed by atoms with Crippen molar-refractivity contribution in [3.8, 4) is 10.7 Å². The molecule has 21 heavy (non-hydrogen) atoms. The first-order chi connectivity index (χ1) is 10.3. The van der Waals surface area contributed by atoms with E-state index in [1.165, 1.54) is 25.7 Å². The largest absolute Gasteiger partial charge is 0.338 e. The Morgan fingerprint density at radius 2 is 2.29 bits per heavy atom. The van der Waals surface area contributed by atoms with E-state index in [-0.39, 0.29) is 0 Å². The molecule has 1 fully saturated rings. The van der Waals surface area contributed by atoms with Gasteiger partial charge < -0.3 is 10.3 Å². The minimum absolute atomic E-state index is 0.529. The number of hydrogen-bond acceptors (Lipinski definition) is 6. The quantitative estimate of drug-likeness (QED) is 0.920. The molecule has 2 aromatic heterocycles. The molecular weight excluding hydrogens is 284 g/mol. The Hall–Kier alpha value is -1.24. The SMILES string of the molecule is CN(Cc1nc(-c2cccs2)no1)C1CCCCC1CN. The van der Waals surface area contributed by atoms with E-state index in [9.17, 15) is 0 Å². The highest BCUT2D eigenvalue weighted by molar-refractivity contribution is 7.13. The fraction of sp³-hybridized carbons (Fsp3) is 0.600. The summed E-state index contributed by atoms with van der Waals surface area (Å²) in [7, 11) is 2.13. The van der Waals surface area contributed by atoms with Crippen molar-refractivity contribution in [2.75, 3.05) is 13.6 Å². The highest BCUT2D eigenvalue weighted by atomic mass is 32.1. The van der Waals surface area contributed by atoms with E-state index in [2.05, 4.69) is 22.1 Å². The summed E-state index contributed by atoms with van der Waals surface area (Å²) in [4.78, 5) is 7.87. The Bertz CT molecular complexity index is 554. The monoisotopic (exact) mass is 306 g/mol. The standard InChI is InChI=1S/C15H22N4OS/c1-19(12-6-3-2-5-11(12)9-16)10-14-17-15(18-20-14)13-7-4-8-21-13/h4,7-8,11-12H,2-3,5-6,9-10,16H2,1H3. The Morgan fingerprint density at radius 3 is 3.05 bits per heavy atom. The van der Waals surface area contributed by atoms with Gasteiger partial charge in [-0.15, -0.1) is 11.3 Å². The summed E-state index contributed by atoms with van der Waals surface area (Å²) < 4.78 is 5.39. The molecule has 6 heteroatoms. The van der Waals surface area contributed by atoms with Gasteiger partial charge in [-0.05, 0) is 43.8 Å². The van der Waals surface area contributed by atoms with Crippen molar-refractivity contribution in [3.05, 3.63) is 23.4 Å². The third-order valence-corrected chi connectivity index (χ3v) is 5.20. The average Bonchev–Trinajstić information content (AvgIpc) is 3.17. The van der Waals surface area contributed by atoms with E-state index < -0.39 is 0 Å². The molecule has 3 rings (SSSR count). The Labute approximate surface area is 129 Å². The lowest BCUT2D eigenvalue weighted by Gasteiger charge is -2.36. The third-order valence-electron chi connectivity index (χ3n) is 4.33. The predicted octanol–water partition coefficient (Wildman–Crippen LogP) is 2.75. The number of aromatic nitrogens is 2. The molecule has 0 saturated heterocycles. The van der Waals surface area contributed by atoms with Gasteiger partial charge in [-0.1, -0.05) is 24.1 Å². The van der Waals surface area contributed by atoms with E-state index in [1.807, 2.05) is 17.5 Å². The summed E-state index contributed by atoms with van der Waals surface area (Å²) in [5.74, 6) is 1.96. The van der Waals surface area contributed by atoms with Gasteiger partial charge in [0.15, 0.2) is 0 Å². The molecule has 2 N–H and O–H groups in total. The summed E-state index contributed by atoms with van der Waals surface area (Å²) in [6.45, 7) is 1.46. The van der Waals surface area contributed by atoms with E-state index in [4.69, 9.17) is 10.3 Å². The number of nitrogens with zero attached hydrogens (tertiary/aromatic N) is 3. The molecule has 1 saturated carbocycles. The molecule has 0 radical (unpaired) electrons. The molecule has 2 atom stereocenters. The lowest BCUT2D eigenvalue weighted by molar-refractivity contribution is 0.115. The first kappa shape index (κ1) is 14.7. The number of rotatable bonds is 5. The van der Waals surface area contributed by atoms with Crippen molar-refractivity contribution in [1.82, 2.24) is 15.0 Å². The van der Waals surface area contributed by atoms with Crippen LogP contribution in [0.3, 0.4) is 0 Å². The van der Waals surface area contributed by atoms with E-state index in [0.717, 1.165) is 11.4 Å². The van der Waals surface area contributed by atoms with Crippen LogP contribution >= 0.6 is 11.3 Å². The summed E-state index contributed by atoms with van der Waals surface area (Å²) in [6, 6.07) is 4.53. The fourth-order valence-corrected chi connectivity index (χ4v) is 3.85. The van der Waals surface area contributed by atoms with Crippen LogP contribution in [0.4, 0.5) is 0 Å². The zero-order valence-corrected chi connectivity index (χ0v) is 13.2. The van der Waals surface area contributed by atoms with Crippen molar-refractivity contribution < 1.29 is 4.52 Å². The molecule has 1 aliphatic carbocycles. The predicted molar refractivity (Wildman–Crippen MR) is 83.9 cm³/mol. The summed E-state index contributed by atoms with van der Waals surface area (Å²) >= 11 is 1.63. The molecule has 2 heterocycles. The smallest absolute Gasteiger partial charge is 0.241 e. The van der Waals surface area contributed by atoms with Crippen molar-refractivity contribution in [1.29, 1.82) is 0 Å². The number of nitrogens with two attached hydrogens (primary N) is 1. The summed E-state index contributed by atoms with van der Waals surface area (Å²) in [6.07, 6.45) is 5.03. The van der Waals surface area contributed by atoms with Crippen LogP contribution in [0, 0.1) is 5.92 Å². The highest BCUT2D eigenvalue weighted by Gasteiger charge is 2.28. The van der Waals surface area contributed by atoms with Crippen molar-refractivity contribution >= 4 is 11.3 Å². The third kappa shape index (κ3) is 3.33. The van der Waals surface area contributed by atoms with Crippen molar-refractivity contribution in [2.45, 2.75) is 38.3 Å². The maximum Gasteiger partial charge on any atom is 0.241 e. The van der Waals surface area contributed by atoms with Crippen molar-refractivity contribution in [2.24, 2.45) is 11.7 Å². The van der Waals surface area contributed by atoms with Crippen LogP contribution < -0.4 is 5.73 Å². The summed E-state index contributed by atoms with van der Waals surface area (Å²) in [5, 5.41) is 6.09. The second-order valence-corrected chi connectivity index (χ2v) is 6.70. The van der Waals surface area contributed by atoms with Crippen LogP contribution in [0.15, 0.2) is 22.0 Å². The summed E-state index contributed by atoms with van der Waals surface area (Å²) in [5.41, 5.74) is 5.92. The van der Waals surface area contributed by atoms with Gasteiger partial charge in [-0.2, -0.15) is 4.98 Å². The van der Waals surface area contributed by atoms with Gasteiger partial charge in [0, 0.05) is 6.04 Å². The minimum Gasteiger partial charge on any atom is -0.338 e. The molecular formula is C15H22N4OS. The fourth-order valence-electron chi connectivity index (χ4n) is 3.20. The van der Waals surface area contributed by atoms with Crippen LogP contribution in [0.2, 0.25) is 0 Å². The van der Waals surface area contributed by atoms with Crippen LogP contribution in [0.25, 0.3) is 10.7 Å². The lowest BCUT2D eigenvalue weighted by Crippen LogP contribution is -2.42. The molecule has 2 unspecified atom stereocenters. The molecule has 1 aliphatic rings. The van der Waals surface area contributed by atoms with E-state index in [0.29, 0.717) is 30.2 Å². The van der Waals surface area contributed by atoms with E-state index >= 15 is 0 Å². The first-order valence-corrected chi connectivity index (χ1v) is 8.42. The number of hydrogen-bond donors (Lipinski definition) is 1. The molecule has 0 amide bonds. The Kier molecular flexibility index (Phi) is 4.67. The maximum absolute atomic E-state index is 5.92. The van der Waals surface area contributed by atoms with Gasteiger partial charge in [-0.25, -0.2) is 0 Å². The minimum atomic E-state index is 0.529. The number of thiophene rings is 1. The molecule has 0 spiro atoms. The van der Waals surface area contributed by atoms with Crippen LogP contribution in [0.5, 0.6) is 0 Å². The zero-order chi connectivity index (χ0) is 14.7. The zero-order valence-electron chi connectivity index (χ0n) is 12.4. The molecule has 0 aliphatic heterocycles. The van der Waals surface area contributed by atoms with Crippen LogP contribution in [-0.2, 0) is 6.54 Å². The van der Waals surface area contributed by atoms with Gasteiger partial charge in [0.25, 0.3) is 0 Å². The molecule has 0 aromatic carbocycles. The van der Waals surface area contributed by atoms with Gasteiger partial charge in [0.05, 0.1) is 11.4 Å². The molecule has 0 bridgehead atoms. The Balaban J connectivity index is 1.65. The Morgan fingerprint density at radius 1 is 1.43 bits per heavy atom. The second kappa shape index (κ2) is 6.68. The molecule has 114 valence electrons. The van der Waals surface area contributed by atoms with Gasteiger partial charge >= 0.3 is 0 Å². The van der Waals surface area contributed by atoms with Gasteiger partial charge in [-0.3, -0.25) is 4.90 Å². The normalized spacial score (nSPS) is 22.8. The van der Waals surface area contributed by atoms with Gasteiger partial charge in [0.1, 0.15) is 0 Å². The molecule has 2 aromatic rings. The highest BCUT2D eigenvalue weighted by Crippen LogP contribution is 2.28. The lowest BCUT2D eigenvalue weighted by atomic mass is 9.84. The maximum atomic E-state index is 5.92. The van der Waals surface area contributed by atoms with E-state index in [1.54, 1.807) is 11.3 Å². The topological polar surface area (TPSA) is 68.2 Å². The molecule has 5 nitrogen and oxygen atoms in total. The average molecular weight is 306 g/mol. The van der Waals surface area contributed by atoms with Crippen LogP contribution in [0.1, 0.15) is 31.6 Å². The van der Waals surface area contributed by atoms with Gasteiger partial charge in [0.2, 0.25) is 11.7 Å². The van der Waals surface area contributed by atoms with Crippen molar-refractivity contribution in [3.63, 3.8) is 0 Å².